The fraction of sp³-hybridized carbons (Fsp3) is 0.0455. The number of anilines is 1. The Morgan fingerprint density at radius 2 is 1.59 bits per heavy atom. The van der Waals surface area contributed by atoms with Gasteiger partial charge in [-0.15, -0.1) is 0 Å². The summed E-state index contributed by atoms with van der Waals surface area (Å²) in [4.78, 5) is 36.7. The lowest BCUT2D eigenvalue weighted by atomic mass is 10.1. The molecule has 3 aromatic rings. The van der Waals surface area contributed by atoms with Gasteiger partial charge in [0.1, 0.15) is 11.5 Å². The molecule has 2 amide bonds. The van der Waals surface area contributed by atoms with Gasteiger partial charge in [0, 0.05) is 27.4 Å². The van der Waals surface area contributed by atoms with Gasteiger partial charge in [-0.05, 0) is 67.6 Å². The number of halogens is 1. The molecule has 0 bridgehead atoms. The van der Waals surface area contributed by atoms with Crippen LogP contribution in [0.1, 0.15) is 33.4 Å². The van der Waals surface area contributed by atoms with Crippen LogP contribution in [0.4, 0.5) is 5.69 Å². The number of rotatable bonds is 6. The highest BCUT2D eigenvalue weighted by Gasteiger charge is 2.16. The molecule has 0 radical (unpaired) electrons. The van der Waals surface area contributed by atoms with Gasteiger partial charge in [0.05, 0.1) is 6.26 Å². The standard InChI is InChI=1S/C22H17BrN2O4/c1-14(26)15-6-10-18(11-7-15)24-22(28)20(13-19-3-2-12-29-19)25-21(27)16-4-8-17(23)9-5-16/h2-13H,1H3,(H,24,28)(H,25,27). The molecule has 0 aliphatic rings. The minimum Gasteiger partial charge on any atom is -0.465 e. The fourth-order valence-corrected chi connectivity index (χ4v) is 2.72. The number of carbonyl (C=O) groups is 3. The molecular weight excluding hydrogens is 436 g/mol. The number of Topliss-reactive ketones (excluding diaryl/α,β-unsaturated/α-hetero) is 1. The van der Waals surface area contributed by atoms with Crippen LogP contribution in [0.25, 0.3) is 6.08 Å². The SMILES string of the molecule is CC(=O)c1ccc(NC(=O)C(=Cc2ccco2)NC(=O)c2ccc(Br)cc2)cc1. The second kappa shape index (κ2) is 9.16. The predicted octanol–water partition coefficient (Wildman–Crippen LogP) is 4.65. The van der Waals surface area contributed by atoms with Gasteiger partial charge in [0.2, 0.25) is 0 Å². The van der Waals surface area contributed by atoms with Gasteiger partial charge in [-0.1, -0.05) is 15.9 Å². The largest absolute Gasteiger partial charge is 0.465 e. The summed E-state index contributed by atoms with van der Waals surface area (Å²) >= 11 is 3.32. The molecule has 0 aliphatic carbocycles. The number of hydrogen-bond acceptors (Lipinski definition) is 4. The maximum atomic E-state index is 12.8. The molecule has 2 aromatic carbocycles. The maximum absolute atomic E-state index is 12.8. The molecular formula is C22H17BrN2O4. The lowest BCUT2D eigenvalue weighted by Crippen LogP contribution is -2.30. The maximum Gasteiger partial charge on any atom is 0.272 e. The van der Waals surface area contributed by atoms with E-state index < -0.39 is 11.8 Å². The molecule has 146 valence electrons. The predicted molar refractivity (Wildman–Crippen MR) is 113 cm³/mol. The highest BCUT2D eigenvalue weighted by atomic mass is 79.9. The van der Waals surface area contributed by atoms with Crippen LogP contribution >= 0.6 is 15.9 Å². The first kappa shape index (κ1) is 20.3. The zero-order valence-electron chi connectivity index (χ0n) is 15.4. The summed E-state index contributed by atoms with van der Waals surface area (Å²) in [6, 6.07) is 16.6. The van der Waals surface area contributed by atoms with Gasteiger partial charge in [-0.25, -0.2) is 0 Å². The molecule has 0 saturated carbocycles. The summed E-state index contributed by atoms with van der Waals surface area (Å²) in [7, 11) is 0. The fourth-order valence-electron chi connectivity index (χ4n) is 2.46. The van der Waals surface area contributed by atoms with Crippen molar-refractivity contribution in [1.29, 1.82) is 0 Å². The van der Waals surface area contributed by atoms with E-state index in [0.29, 0.717) is 22.6 Å². The van der Waals surface area contributed by atoms with E-state index in [-0.39, 0.29) is 11.5 Å². The number of ketones is 1. The highest BCUT2D eigenvalue weighted by molar-refractivity contribution is 9.10. The molecule has 0 aliphatic heterocycles. The van der Waals surface area contributed by atoms with E-state index in [9.17, 15) is 14.4 Å². The molecule has 1 aromatic heterocycles. The second-order valence-corrected chi connectivity index (χ2v) is 7.04. The van der Waals surface area contributed by atoms with Crippen LogP contribution in [-0.2, 0) is 4.79 Å². The third-order valence-corrected chi connectivity index (χ3v) is 4.51. The molecule has 0 unspecified atom stereocenters. The lowest BCUT2D eigenvalue weighted by molar-refractivity contribution is -0.113. The molecule has 7 heteroatoms. The van der Waals surface area contributed by atoms with Gasteiger partial charge >= 0.3 is 0 Å². The molecule has 6 nitrogen and oxygen atoms in total. The van der Waals surface area contributed by atoms with E-state index in [0.717, 1.165) is 4.47 Å². The van der Waals surface area contributed by atoms with Crippen LogP contribution in [0.2, 0.25) is 0 Å². The Morgan fingerprint density at radius 3 is 2.17 bits per heavy atom. The molecule has 0 fully saturated rings. The second-order valence-electron chi connectivity index (χ2n) is 6.12. The van der Waals surface area contributed by atoms with Crippen molar-refractivity contribution in [2.45, 2.75) is 6.92 Å². The van der Waals surface area contributed by atoms with E-state index in [4.69, 9.17) is 4.42 Å². The normalized spacial score (nSPS) is 11.0. The summed E-state index contributed by atoms with van der Waals surface area (Å²) in [6.45, 7) is 1.47. The van der Waals surface area contributed by atoms with E-state index in [1.807, 2.05) is 0 Å². The average Bonchev–Trinajstić information content (AvgIpc) is 3.21. The van der Waals surface area contributed by atoms with Crippen molar-refractivity contribution in [2.75, 3.05) is 5.32 Å². The van der Waals surface area contributed by atoms with Crippen LogP contribution < -0.4 is 10.6 Å². The quantitative estimate of drug-likeness (QED) is 0.420. The minimum atomic E-state index is -0.526. The summed E-state index contributed by atoms with van der Waals surface area (Å²) in [5.74, 6) is -0.610. The monoisotopic (exact) mass is 452 g/mol. The zero-order chi connectivity index (χ0) is 20.8. The zero-order valence-corrected chi connectivity index (χ0v) is 17.0. The van der Waals surface area contributed by atoms with Crippen LogP contribution in [0.3, 0.4) is 0 Å². The van der Waals surface area contributed by atoms with Crippen LogP contribution in [-0.4, -0.2) is 17.6 Å². The molecule has 3 rings (SSSR count). The van der Waals surface area contributed by atoms with Gasteiger partial charge in [-0.3, -0.25) is 14.4 Å². The highest BCUT2D eigenvalue weighted by Crippen LogP contribution is 2.14. The summed E-state index contributed by atoms with van der Waals surface area (Å²) in [5, 5.41) is 5.33. The van der Waals surface area contributed by atoms with Crippen molar-refractivity contribution < 1.29 is 18.8 Å². The first-order valence-electron chi connectivity index (χ1n) is 8.67. The number of furan rings is 1. The first-order chi connectivity index (χ1) is 13.9. The van der Waals surface area contributed by atoms with Crippen molar-refractivity contribution in [3.8, 4) is 0 Å². The third-order valence-electron chi connectivity index (χ3n) is 3.98. The molecule has 0 saturated heterocycles. The van der Waals surface area contributed by atoms with E-state index in [1.54, 1.807) is 60.7 Å². The van der Waals surface area contributed by atoms with E-state index in [1.165, 1.54) is 19.3 Å². The Kier molecular flexibility index (Phi) is 6.41. The van der Waals surface area contributed by atoms with E-state index in [2.05, 4.69) is 26.6 Å². The number of amides is 2. The molecule has 0 atom stereocenters. The van der Waals surface area contributed by atoms with Crippen molar-refractivity contribution in [3.63, 3.8) is 0 Å². The average molecular weight is 453 g/mol. The molecule has 2 N–H and O–H groups in total. The molecule has 1 heterocycles. The van der Waals surface area contributed by atoms with Gasteiger partial charge in [0.15, 0.2) is 5.78 Å². The number of nitrogens with one attached hydrogen (secondary N) is 2. The van der Waals surface area contributed by atoms with Crippen molar-refractivity contribution in [1.82, 2.24) is 5.32 Å². The van der Waals surface area contributed by atoms with Gasteiger partial charge in [0.25, 0.3) is 11.8 Å². The molecule has 0 spiro atoms. The third kappa shape index (κ3) is 5.52. The van der Waals surface area contributed by atoms with E-state index >= 15 is 0 Å². The van der Waals surface area contributed by atoms with Gasteiger partial charge < -0.3 is 15.1 Å². The van der Waals surface area contributed by atoms with Crippen LogP contribution in [0, 0.1) is 0 Å². The van der Waals surface area contributed by atoms with Crippen molar-refractivity contribution in [2.24, 2.45) is 0 Å². The van der Waals surface area contributed by atoms with Gasteiger partial charge in [-0.2, -0.15) is 0 Å². The van der Waals surface area contributed by atoms with Crippen LogP contribution in [0.5, 0.6) is 0 Å². The summed E-state index contributed by atoms with van der Waals surface area (Å²) < 4.78 is 6.10. The topological polar surface area (TPSA) is 88.4 Å². The Labute approximate surface area is 175 Å². The Hall–Kier alpha value is -3.45. The minimum absolute atomic E-state index is 0.0171. The lowest BCUT2D eigenvalue weighted by Gasteiger charge is -2.11. The summed E-state index contributed by atoms with van der Waals surface area (Å²) in [5.41, 5.74) is 1.45. The van der Waals surface area contributed by atoms with Crippen molar-refractivity contribution in [3.05, 3.63) is 94.0 Å². The van der Waals surface area contributed by atoms with Crippen molar-refractivity contribution >= 4 is 45.3 Å². The Morgan fingerprint density at radius 1 is 0.931 bits per heavy atom. The smallest absolute Gasteiger partial charge is 0.272 e. The molecule has 29 heavy (non-hydrogen) atoms. The van der Waals surface area contributed by atoms with Crippen LogP contribution in [0.15, 0.2) is 81.5 Å². The first-order valence-corrected chi connectivity index (χ1v) is 9.46. The summed E-state index contributed by atoms with van der Waals surface area (Å²) in [6.07, 6.45) is 2.91. The Balaban J connectivity index is 1.81. The Bertz CT molecular complexity index is 1050. The number of carbonyl (C=O) groups excluding carboxylic acids is 3. The number of hydrogen-bond donors (Lipinski definition) is 2. The number of benzene rings is 2.